The highest BCUT2D eigenvalue weighted by atomic mass is 32.2. The number of hydrogen-bond donors (Lipinski definition) is 2. The molecule has 1 aliphatic heterocycles. The van der Waals surface area contributed by atoms with Crippen LogP contribution in [-0.4, -0.2) is 49.8 Å². The van der Waals surface area contributed by atoms with Gasteiger partial charge in [0.05, 0.1) is 6.61 Å². The summed E-state index contributed by atoms with van der Waals surface area (Å²) in [5.74, 6) is 1.33. The Kier molecular flexibility index (Phi) is 6.84. The molecule has 1 fully saturated rings. The van der Waals surface area contributed by atoms with Crippen LogP contribution in [0.1, 0.15) is 19.8 Å². The molecule has 1 aliphatic rings. The molecular formula is C11H22N2O2S. The van der Waals surface area contributed by atoms with E-state index >= 15 is 0 Å². The Morgan fingerprint density at radius 1 is 1.50 bits per heavy atom. The Morgan fingerprint density at radius 2 is 2.31 bits per heavy atom. The Labute approximate surface area is 102 Å². The summed E-state index contributed by atoms with van der Waals surface area (Å²) in [5, 5.41) is 6.93. The summed E-state index contributed by atoms with van der Waals surface area (Å²) in [4.78, 5) is 11.4. The first-order chi connectivity index (χ1) is 7.74. The number of methoxy groups -OCH3 is 1. The molecule has 0 aromatic carbocycles. The van der Waals surface area contributed by atoms with Crippen LogP contribution in [0.3, 0.4) is 0 Å². The minimum atomic E-state index is 0.0999. The first-order valence-electron chi connectivity index (χ1n) is 5.84. The van der Waals surface area contributed by atoms with Crippen molar-refractivity contribution in [1.29, 1.82) is 0 Å². The van der Waals surface area contributed by atoms with E-state index < -0.39 is 0 Å². The van der Waals surface area contributed by atoms with Crippen molar-refractivity contribution in [3.05, 3.63) is 0 Å². The molecule has 0 radical (unpaired) electrons. The molecule has 4 nitrogen and oxygen atoms in total. The van der Waals surface area contributed by atoms with E-state index in [0.717, 1.165) is 6.54 Å². The summed E-state index contributed by atoms with van der Waals surface area (Å²) >= 11 is 2.00. The molecule has 1 amide bonds. The molecule has 0 spiro atoms. The Balaban J connectivity index is 1.99. The SMILES string of the molecule is COCCNC(=O)CCNC1CCSC1C. The molecule has 1 heterocycles. The van der Waals surface area contributed by atoms with Gasteiger partial charge in [-0.25, -0.2) is 0 Å². The maximum absolute atomic E-state index is 11.4. The largest absolute Gasteiger partial charge is 0.383 e. The number of hydrogen-bond acceptors (Lipinski definition) is 4. The van der Waals surface area contributed by atoms with E-state index in [1.165, 1.54) is 12.2 Å². The molecule has 2 unspecified atom stereocenters. The minimum Gasteiger partial charge on any atom is -0.383 e. The molecule has 0 aromatic heterocycles. The Morgan fingerprint density at radius 3 is 2.94 bits per heavy atom. The highest BCUT2D eigenvalue weighted by Crippen LogP contribution is 2.25. The maximum atomic E-state index is 11.4. The average Bonchev–Trinajstić information content (AvgIpc) is 2.65. The van der Waals surface area contributed by atoms with E-state index in [-0.39, 0.29) is 5.91 Å². The first kappa shape index (κ1) is 13.8. The van der Waals surface area contributed by atoms with Gasteiger partial charge in [-0.3, -0.25) is 4.79 Å². The summed E-state index contributed by atoms with van der Waals surface area (Å²) in [5.41, 5.74) is 0. The van der Waals surface area contributed by atoms with E-state index in [0.29, 0.717) is 30.9 Å². The standard InChI is InChI=1S/C11H22N2O2S/c1-9-10(4-8-16-9)12-5-3-11(14)13-6-7-15-2/h9-10,12H,3-8H2,1-2H3,(H,13,14). The van der Waals surface area contributed by atoms with Crippen LogP contribution >= 0.6 is 11.8 Å². The predicted molar refractivity (Wildman–Crippen MR) is 67.8 cm³/mol. The molecule has 0 aromatic rings. The predicted octanol–water partition coefficient (Wildman–Crippen LogP) is 0.623. The molecule has 0 saturated carbocycles. The second-order valence-electron chi connectivity index (χ2n) is 4.02. The molecule has 0 aliphatic carbocycles. The molecule has 2 atom stereocenters. The second kappa shape index (κ2) is 7.92. The van der Waals surface area contributed by atoms with Gasteiger partial charge in [0, 0.05) is 37.9 Å². The number of amides is 1. The van der Waals surface area contributed by atoms with E-state index in [2.05, 4.69) is 17.6 Å². The van der Waals surface area contributed by atoms with Crippen molar-refractivity contribution in [2.45, 2.75) is 31.1 Å². The third kappa shape index (κ3) is 5.18. The van der Waals surface area contributed by atoms with Gasteiger partial charge in [0.1, 0.15) is 0 Å². The van der Waals surface area contributed by atoms with Gasteiger partial charge in [-0.15, -0.1) is 0 Å². The lowest BCUT2D eigenvalue weighted by Gasteiger charge is -2.16. The highest BCUT2D eigenvalue weighted by Gasteiger charge is 2.22. The Hall–Kier alpha value is -0.260. The molecule has 5 heteroatoms. The van der Waals surface area contributed by atoms with Gasteiger partial charge in [0.25, 0.3) is 0 Å². The van der Waals surface area contributed by atoms with Crippen molar-refractivity contribution in [1.82, 2.24) is 10.6 Å². The van der Waals surface area contributed by atoms with E-state index in [9.17, 15) is 4.79 Å². The number of ether oxygens (including phenoxy) is 1. The highest BCUT2D eigenvalue weighted by molar-refractivity contribution is 8.00. The zero-order valence-electron chi connectivity index (χ0n) is 10.1. The summed E-state index contributed by atoms with van der Waals surface area (Å²) in [6, 6.07) is 0.580. The van der Waals surface area contributed by atoms with Crippen molar-refractivity contribution >= 4 is 17.7 Å². The topological polar surface area (TPSA) is 50.4 Å². The molecule has 2 N–H and O–H groups in total. The van der Waals surface area contributed by atoms with Crippen LogP contribution in [0.2, 0.25) is 0 Å². The van der Waals surface area contributed by atoms with Crippen LogP contribution in [0, 0.1) is 0 Å². The average molecular weight is 246 g/mol. The number of carbonyl (C=O) groups is 1. The lowest BCUT2D eigenvalue weighted by Crippen LogP contribution is -2.37. The summed E-state index contributed by atoms with van der Waals surface area (Å²) in [6.07, 6.45) is 1.77. The van der Waals surface area contributed by atoms with Crippen LogP contribution in [0.25, 0.3) is 0 Å². The summed E-state index contributed by atoms with van der Waals surface area (Å²) in [7, 11) is 1.63. The van der Waals surface area contributed by atoms with Crippen LogP contribution in [0.4, 0.5) is 0 Å². The number of nitrogens with one attached hydrogen (secondary N) is 2. The fraction of sp³-hybridized carbons (Fsp3) is 0.909. The fourth-order valence-corrected chi connectivity index (χ4v) is 2.98. The zero-order valence-corrected chi connectivity index (χ0v) is 10.9. The van der Waals surface area contributed by atoms with Gasteiger partial charge in [-0.1, -0.05) is 6.92 Å². The van der Waals surface area contributed by atoms with E-state index in [4.69, 9.17) is 4.74 Å². The third-order valence-corrected chi connectivity index (χ3v) is 4.09. The van der Waals surface area contributed by atoms with Crippen LogP contribution in [0.5, 0.6) is 0 Å². The lowest BCUT2D eigenvalue weighted by atomic mass is 10.1. The second-order valence-corrected chi connectivity index (χ2v) is 5.50. The summed E-state index contributed by atoms with van der Waals surface area (Å²) < 4.78 is 4.86. The van der Waals surface area contributed by atoms with Gasteiger partial charge < -0.3 is 15.4 Å². The smallest absolute Gasteiger partial charge is 0.221 e. The molecular weight excluding hydrogens is 224 g/mol. The van der Waals surface area contributed by atoms with E-state index in [1.54, 1.807) is 7.11 Å². The van der Waals surface area contributed by atoms with Crippen molar-refractivity contribution in [2.24, 2.45) is 0 Å². The van der Waals surface area contributed by atoms with Crippen molar-refractivity contribution in [2.75, 3.05) is 32.6 Å². The molecule has 0 bridgehead atoms. The van der Waals surface area contributed by atoms with Gasteiger partial charge in [-0.2, -0.15) is 11.8 Å². The number of carbonyl (C=O) groups excluding carboxylic acids is 1. The van der Waals surface area contributed by atoms with E-state index in [1.807, 2.05) is 11.8 Å². The van der Waals surface area contributed by atoms with Crippen molar-refractivity contribution < 1.29 is 9.53 Å². The molecule has 1 rings (SSSR count). The van der Waals surface area contributed by atoms with Gasteiger partial charge in [0.15, 0.2) is 0 Å². The fourth-order valence-electron chi connectivity index (χ4n) is 1.75. The minimum absolute atomic E-state index is 0.0999. The van der Waals surface area contributed by atoms with Crippen molar-refractivity contribution in [3.63, 3.8) is 0 Å². The monoisotopic (exact) mass is 246 g/mol. The van der Waals surface area contributed by atoms with Gasteiger partial charge >= 0.3 is 0 Å². The van der Waals surface area contributed by atoms with Crippen LogP contribution < -0.4 is 10.6 Å². The first-order valence-corrected chi connectivity index (χ1v) is 6.89. The number of thioether (sulfide) groups is 1. The van der Waals surface area contributed by atoms with Gasteiger partial charge in [0.2, 0.25) is 5.91 Å². The van der Waals surface area contributed by atoms with Gasteiger partial charge in [-0.05, 0) is 12.2 Å². The zero-order chi connectivity index (χ0) is 11.8. The van der Waals surface area contributed by atoms with Crippen molar-refractivity contribution in [3.8, 4) is 0 Å². The van der Waals surface area contributed by atoms with Crippen LogP contribution in [0.15, 0.2) is 0 Å². The molecule has 16 heavy (non-hydrogen) atoms. The quantitative estimate of drug-likeness (QED) is 0.647. The normalized spacial score (nSPS) is 24.6. The van der Waals surface area contributed by atoms with Crippen LogP contribution in [-0.2, 0) is 9.53 Å². The molecule has 94 valence electrons. The lowest BCUT2D eigenvalue weighted by molar-refractivity contribution is -0.121. The number of rotatable bonds is 7. The maximum Gasteiger partial charge on any atom is 0.221 e. The Bertz CT molecular complexity index is 214. The molecule has 1 saturated heterocycles. The third-order valence-electron chi connectivity index (χ3n) is 2.76. The summed E-state index contributed by atoms with van der Waals surface area (Å²) in [6.45, 7) is 4.20.